The van der Waals surface area contributed by atoms with Crippen molar-refractivity contribution in [2.75, 3.05) is 6.54 Å². The molecule has 0 spiro atoms. The average molecular weight is 191 g/mol. The number of nitro groups is 1. The van der Waals surface area contributed by atoms with Crippen LogP contribution in [0.1, 0.15) is 11.3 Å². The second-order valence-corrected chi connectivity index (χ2v) is 2.59. The monoisotopic (exact) mass is 191 g/mol. The molecule has 0 bridgehead atoms. The summed E-state index contributed by atoms with van der Waals surface area (Å²) in [6.07, 6.45) is 1.21. The van der Waals surface area contributed by atoms with Gasteiger partial charge in [-0.05, 0) is 6.92 Å². The van der Waals surface area contributed by atoms with Gasteiger partial charge in [0.1, 0.15) is 6.20 Å². The predicted octanol–water partition coefficient (Wildman–Crippen LogP) is 0.608. The zero-order valence-electron chi connectivity index (χ0n) is 7.65. The minimum Gasteiger partial charge on any atom is -0.320 e. The van der Waals surface area contributed by atoms with Gasteiger partial charge in [-0.2, -0.15) is 0 Å². The van der Waals surface area contributed by atoms with E-state index in [1.54, 1.807) is 6.92 Å². The lowest BCUT2D eigenvalue weighted by atomic mass is 10.2. The van der Waals surface area contributed by atoms with E-state index in [1.165, 1.54) is 12.3 Å². The zero-order valence-corrected chi connectivity index (χ0v) is 7.65. The zero-order chi connectivity index (χ0) is 10.6. The third kappa shape index (κ3) is 2.28. The van der Waals surface area contributed by atoms with Gasteiger partial charge in [0.05, 0.1) is 22.7 Å². The van der Waals surface area contributed by atoms with E-state index in [-0.39, 0.29) is 12.2 Å². The molecule has 0 saturated heterocycles. The molecule has 0 amide bonds. The molecule has 1 rings (SSSR count). The van der Waals surface area contributed by atoms with E-state index < -0.39 is 4.92 Å². The van der Waals surface area contributed by atoms with Crippen LogP contribution in [0, 0.1) is 28.9 Å². The van der Waals surface area contributed by atoms with Crippen LogP contribution >= 0.6 is 0 Å². The van der Waals surface area contributed by atoms with Gasteiger partial charge in [0.2, 0.25) is 0 Å². The SMILES string of the molecule is Cc1ncc([N+](=O)[O-])cc1C#CCN. The van der Waals surface area contributed by atoms with Crippen LogP contribution < -0.4 is 5.73 Å². The third-order valence-corrected chi connectivity index (χ3v) is 1.61. The Morgan fingerprint density at radius 1 is 1.71 bits per heavy atom. The lowest BCUT2D eigenvalue weighted by Gasteiger charge is -1.96. The third-order valence-electron chi connectivity index (χ3n) is 1.61. The maximum absolute atomic E-state index is 10.4. The van der Waals surface area contributed by atoms with Crippen molar-refractivity contribution in [3.63, 3.8) is 0 Å². The van der Waals surface area contributed by atoms with Crippen LogP contribution in [0.5, 0.6) is 0 Å². The van der Waals surface area contributed by atoms with Crippen LogP contribution in [0.2, 0.25) is 0 Å². The molecule has 0 atom stereocenters. The molecule has 1 aromatic heterocycles. The molecule has 0 aliphatic heterocycles. The number of aryl methyl sites for hydroxylation is 1. The summed E-state index contributed by atoms with van der Waals surface area (Å²) in [7, 11) is 0. The molecule has 0 aromatic carbocycles. The van der Waals surface area contributed by atoms with E-state index in [1.807, 2.05) is 0 Å². The highest BCUT2D eigenvalue weighted by Crippen LogP contribution is 2.13. The van der Waals surface area contributed by atoms with E-state index in [2.05, 4.69) is 16.8 Å². The number of hydrogen-bond acceptors (Lipinski definition) is 4. The van der Waals surface area contributed by atoms with Gasteiger partial charge in [0, 0.05) is 6.07 Å². The van der Waals surface area contributed by atoms with Crippen molar-refractivity contribution in [2.45, 2.75) is 6.92 Å². The number of pyridine rings is 1. The molecule has 0 saturated carbocycles. The Hall–Kier alpha value is -1.93. The lowest BCUT2D eigenvalue weighted by Crippen LogP contribution is -1.96. The molecule has 0 radical (unpaired) electrons. The van der Waals surface area contributed by atoms with Gasteiger partial charge in [-0.1, -0.05) is 11.8 Å². The number of nitrogens with zero attached hydrogens (tertiary/aromatic N) is 2. The second-order valence-electron chi connectivity index (χ2n) is 2.59. The predicted molar refractivity (Wildman–Crippen MR) is 51.6 cm³/mol. The Bertz CT molecular complexity index is 418. The maximum atomic E-state index is 10.4. The maximum Gasteiger partial charge on any atom is 0.288 e. The van der Waals surface area contributed by atoms with Crippen molar-refractivity contribution < 1.29 is 4.92 Å². The molecule has 0 fully saturated rings. The van der Waals surface area contributed by atoms with Crippen molar-refractivity contribution in [2.24, 2.45) is 5.73 Å². The number of aromatic nitrogens is 1. The number of hydrogen-bond donors (Lipinski definition) is 1. The normalized spacial score (nSPS) is 9.00. The van der Waals surface area contributed by atoms with E-state index in [0.717, 1.165) is 0 Å². The molecule has 2 N–H and O–H groups in total. The summed E-state index contributed by atoms with van der Waals surface area (Å²) in [5.41, 5.74) is 6.35. The Morgan fingerprint density at radius 2 is 2.43 bits per heavy atom. The highest BCUT2D eigenvalue weighted by molar-refractivity contribution is 5.44. The molecule has 0 aliphatic rings. The smallest absolute Gasteiger partial charge is 0.288 e. The summed E-state index contributed by atoms with van der Waals surface area (Å²) < 4.78 is 0. The second kappa shape index (κ2) is 4.35. The van der Waals surface area contributed by atoms with Gasteiger partial charge in [0.25, 0.3) is 5.69 Å². The van der Waals surface area contributed by atoms with Crippen molar-refractivity contribution in [1.29, 1.82) is 0 Å². The minimum atomic E-state index is -0.500. The Labute approximate surface area is 81.1 Å². The molecular formula is C9H9N3O2. The summed E-state index contributed by atoms with van der Waals surface area (Å²) in [5.74, 6) is 5.35. The molecular weight excluding hydrogens is 182 g/mol. The first-order valence-electron chi connectivity index (χ1n) is 3.95. The summed E-state index contributed by atoms with van der Waals surface area (Å²) in [6.45, 7) is 1.96. The molecule has 1 aromatic rings. The largest absolute Gasteiger partial charge is 0.320 e. The lowest BCUT2D eigenvalue weighted by molar-refractivity contribution is -0.385. The highest BCUT2D eigenvalue weighted by atomic mass is 16.6. The molecule has 5 nitrogen and oxygen atoms in total. The summed E-state index contributed by atoms with van der Waals surface area (Å²) in [6, 6.07) is 1.39. The summed E-state index contributed by atoms with van der Waals surface area (Å²) in [4.78, 5) is 13.8. The molecule has 0 unspecified atom stereocenters. The number of nitrogens with two attached hydrogens (primary N) is 1. The first kappa shape index (κ1) is 10.2. The Kier molecular flexibility index (Phi) is 3.15. The minimum absolute atomic E-state index is 0.0584. The molecule has 1 heterocycles. The topological polar surface area (TPSA) is 82.0 Å². The molecule has 14 heavy (non-hydrogen) atoms. The van der Waals surface area contributed by atoms with Gasteiger partial charge < -0.3 is 5.73 Å². The average Bonchev–Trinajstić information content (AvgIpc) is 2.16. The van der Waals surface area contributed by atoms with Crippen molar-refractivity contribution in [3.05, 3.63) is 33.6 Å². The van der Waals surface area contributed by atoms with Gasteiger partial charge in [-0.3, -0.25) is 15.1 Å². The Morgan fingerprint density at radius 3 is 3.00 bits per heavy atom. The van der Waals surface area contributed by atoms with Gasteiger partial charge in [-0.15, -0.1) is 0 Å². The standard InChI is InChI=1S/C9H9N3O2/c1-7-8(3-2-4-10)5-9(6-11-7)12(13)14/h5-6H,4,10H2,1H3. The van der Waals surface area contributed by atoms with Gasteiger partial charge >= 0.3 is 0 Å². The van der Waals surface area contributed by atoms with Crippen LogP contribution in [0.25, 0.3) is 0 Å². The fraction of sp³-hybridized carbons (Fsp3) is 0.222. The van der Waals surface area contributed by atoms with Gasteiger partial charge in [-0.25, -0.2) is 0 Å². The first-order chi connectivity index (χ1) is 6.65. The summed E-state index contributed by atoms with van der Waals surface area (Å²) in [5, 5.41) is 10.4. The van der Waals surface area contributed by atoms with Crippen LogP contribution in [-0.4, -0.2) is 16.5 Å². The van der Waals surface area contributed by atoms with Crippen LogP contribution in [-0.2, 0) is 0 Å². The highest BCUT2D eigenvalue weighted by Gasteiger charge is 2.07. The van der Waals surface area contributed by atoms with Crippen molar-refractivity contribution >= 4 is 5.69 Å². The fourth-order valence-corrected chi connectivity index (χ4v) is 0.895. The van der Waals surface area contributed by atoms with Crippen molar-refractivity contribution in [3.8, 4) is 11.8 Å². The van der Waals surface area contributed by atoms with Gasteiger partial charge in [0.15, 0.2) is 0 Å². The first-order valence-corrected chi connectivity index (χ1v) is 3.95. The fourth-order valence-electron chi connectivity index (χ4n) is 0.895. The molecule has 5 heteroatoms. The van der Waals surface area contributed by atoms with E-state index in [4.69, 9.17) is 5.73 Å². The van der Waals surface area contributed by atoms with Crippen LogP contribution in [0.15, 0.2) is 12.3 Å². The van der Waals surface area contributed by atoms with E-state index >= 15 is 0 Å². The molecule has 72 valence electrons. The number of rotatable bonds is 1. The van der Waals surface area contributed by atoms with Crippen LogP contribution in [0.4, 0.5) is 5.69 Å². The quantitative estimate of drug-likeness (QED) is 0.400. The van der Waals surface area contributed by atoms with Crippen LogP contribution in [0.3, 0.4) is 0 Å². The van der Waals surface area contributed by atoms with Crippen molar-refractivity contribution in [1.82, 2.24) is 4.98 Å². The summed E-state index contributed by atoms with van der Waals surface area (Å²) >= 11 is 0. The Balaban J connectivity index is 3.14. The molecule has 0 aliphatic carbocycles. The van der Waals surface area contributed by atoms with E-state index in [0.29, 0.717) is 11.3 Å². The van der Waals surface area contributed by atoms with E-state index in [9.17, 15) is 10.1 Å².